The molecule has 80 valence electrons. The number of nitrogens with one attached hydrogen (secondary N) is 2. The van der Waals surface area contributed by atoms with E-state index in [9.17, 15) is 9.59 Å². The zero-order valence-corrected chi connectivity index (χ0v) is 8.72. The molecule has 1 atom stereocenters. The third kappa shape index (κ3) is 2.16. The van der Waals surface area contributed by atoms with Crippen LogP contribution in [-0.4, -0.2) is 31.2 Å². The Balaban J connectivity index is 2.58. The van der Waals surface area contributed by atoms with E-state index in [1.807, 2.05) is 13.8 Å². The van der Waals surface area contributed by atoms with Crippen molar-refractivity contribution in [2.75, 3.05) is 13.1 Å². The Morgan fingerprint density at radius 3 is 2.79 bits per heavy atom. The maximum atomic E-state index is 11.3. The number of ether oxygens (including phenoxy) is 1. The van der Waals surface area contributed by atoms with Crippen molar-refractivity contribution in [2.45, 2.75) is 26.9 Å². The molecule has 1 fully saturated rings. The highest BCUT2D eigenvalue weighted by atomic mass is 16.6. The molecule has 0 bridgehead atoms. The summed E-state index contributed by atoms with van der Waals surface area (Å²) in [6.45, 7) is 6.59. The fraction of sp³-hybridized carbons (Fsp3) is 0.778. The van der Waals surface area contributed by atoms with Crippen LogP contribution in [-0.2, 0) is 9.53 Å². The normalized spacial score (nSPS) is 24.2. The third-order valence-electron chi connectivity index (χ3n) is 2.21. The lowest BCUT2D eigenvalue weighted by molar-refractivity contribution is -0.128. The van der Waals surface area contributed by atoms with Gasteiger partial charge in [-0.3, -0.25) is 4.79 Å². The van der Waals surface area contributed by atoms with E-state index in [2.05, 4.69) is 10.6 Å². The fourth-order valence-corrected chi connectivity index (χ4v) is 1.36. The first-order valence-electron chi connectivity index (χ1n) is 4.69. The van der Waals surface area contributed by atoms with E-state index in [0.29, 0.717) is 13.1 Å². The van der Waals surface area contributed by atoms with Crippen LogP contribution in [0.15, 0.2) is 0 Å². The van der Waals surface area contributed by atoms with Gasteiger partial charge in [0.1, 0.15) is 0 Å². The number of rotatable bonds is 2. The van der Waals surface area contributed by atoms with Gasteiger partial charge in [0.2, 0.25) is 0 Å². The minimum atomic E-state index is -0.686. The molecule has 2 N–H and O–H groups in total. The lowest BCUT2D eigenvalue weighted by Gasteiger charge is -2.23. The zero-order chi connectivity index (χ0) is 10.8. The molecule has 5 nitrogen and oxygen atoms in total. The summed E-state index contributed by atoms with van der Waals surface area (Å²) < 4.78 is 5.02. The summed E-state index contributed by atoms with van der Waals surface area (Å²) in [5.41, 5.74) is -0.331. The summed E-state index contributed by atoms with van der Waals surface area (Å²) >= 11 is 0. The van der Waals surface area contributed by atoms with Gasteiger partial charge in [-0.05, 0) is 6.92 Å². The van der Waals surface area contributed by atoms with Gasteiger partial charge in [0.25, 0.3) is 5.91 Å². The lowest BCUT2D eigenvalue weighted by atomic mass is 9.90. The lowest BCUT2D eigenvalue weighted by Crippen LogP contribution is -2.38. The second kappa shape index (κ2) is 3.86. The van der Waals surface area contributed by atoms with Gasteiger partial charge in [-0.2, -0.15) is 0 Å². The molecular formula is C9H16N2O3. The van der Waals surface area contributed by atoms with Crippen LogP contribution < -0.4 is 10.6 Å². The molecule has 0 unspecified atom stereocenters. The standard InChI is InChI=1S/C9H16N2O3/c1-4-10-8(13)14-6-7(12)11-5-9(6,2)3/h6H,4-5H2,1-3H3,(H,10,13)(H,11,12)/t6-/m1/s1. The van der Waals surface area contributed by atoms with Crippen molar-refractivity contribution in [1.29, 1.82) is 0 Å². The van der Waals surface area contributed by atoms with Gasteiger partial charge < -0.3 is 15.4 Å². The molecule has 0 aromatic rings. The molecule has 14 heavy (non-hydrogen) atoms. The van der Waals surface area contributed by atoms with E-state index in [-0.39, 0.29) is 11.3 Å². The predicted molar refractivity (Wildman–Crippen MR) is 50.7 cm³/mol. The average Bonchev–Trinajstić information content (AvgIpc) is 2.32. The summed E-state index contributed by atoms with van der Waals surface area (Å²) in [7, 11) is 0. The Morgan fingerprint density at radius 2 is 2.36 bits per heavy atom. The number of amides is 2. The Hall–Kier alpha value is -1.26. The number of hydrogen-bond acceptors (Lipinski definition) is 3. The monoisotopic (exact) mass is 200 g/mol. The number of carbonyl (C=O) groups is 2. The van der Waals surface area contributed by atoms with Crippen molar-refractivity contribution in [2.24, 2.45) is 5.41 Å². The summed E-state index contributed by atoms with van der Waals surface area (Å²) in [5, 5.41) is 5.15. The van der Waals surface area contributed by atoms with Gasteiger partial charge in [-0.15, -0.1) is 0 Å². The molecule has 1 heterocycles. The van der Waals surface area contributed by atoms with E-state index >= 15 is 0 Å². The number of alkyl carbamates (subject to hydrolysis) is 1. The molecule has 0 saturated carbocycles. The number of hydrogen-bond donors (Lipinski definition) is 2. The van der Waals surface area contributed by atoms with E-state index < -0.39 is 12.2 Å². The van der Waals surface area contributed by atoms with E-state index in [1.165, 1.54) is 0 Å². The van der Waals surface area contributed by atoms with Crippen molar-refractivity contribution in [3.63, 3.8) is 0 Å². The van der Waals surface area contributed by atoms with Crippen LogP contribution in [0.25, 0.3) is 0 Å². The van der Waals surface area contributed by atoms with Gasteiger partial charge in [-0.1, -0.05) is 13.8 Å². The minimum absolute atomic E-state index is 0.221. The average molecular weight is 200 g/mol. The SMILES string of the molecule is CCNC(=O)O[C@@H]1C(=O)NCC1(C)C. The molecule has 1 aliphatic rings. The van der Waals surface area contributed by atoms with Crippen molar-refractivity contribution in [1.82, 2.24) is 10.6 Å². The van der Waals surface area contributed by atoms with Gasteiger partial charge in [-0.25, -0.2) is 4.79 Å². The summed E-state index contributed by atoms with van der Waals surface area (Å²) in [6.07, 6.45) is -1.23. The van der Waals surface area contributed by atoms with Gasteiger partial charge >= 0.3 is 6.09 Å². The first-order valence-corrected chi connectivity index (χ1v) is 4.69. The van der Waals surface area contributed by atoms with E-state index in [0.717, 1.165) is 0 Å². The minimum Gasteiger partial charge on any atom is -0.435 e. The molecule has 0 spiro atoms. The van der Waals surface area contributed by atoms with Crippen LogP contribution in [0.2, 0.25) is 0 Å². The molecule has 5 heteroatoms. The summed E-state index contributed by atoms with van der Waals surface area (Å²) in [4.78, 5) is 22.4. The van der Waals surface area contributed by atoms with Crippen LogP contribution in [0.5, 0.6) is 0 Å². The Morgan fingerprint density at radius 1 is 1.71 bits per heavy atom. The molecule has 0 aromatic carbocycles. The first kappa shape index (κ1) is 10.8. The van der Waals surface area contributed by atoms with Gasteiger partial charge in [0.05, 0.1) is 0 Å². The smallest absolute Gasteiger partial charge is 0.407 e. The predicted octanol–water partition coefficient (Wildman–Crippen LogP) is 0.257. The zero-order valence-electron chi connectivity index (χ0n) is 8.72. The second-order valence-electron chi connectivity index (χ2n) is 4.02. The van der Waals surface area contributed by atoms with Crippen LogP contribution in [0.3, 0.4) is 0 Å². The van der Waals surface area contributed by atoms with Crippen molar-refractivity contribution in [3.8, 4) is 0 Å². The highest BCUT2D eigenvalue weighted by molar-refractivity contribution is 5.86. The maximum Gasteiger partial charge on any atom is 0.407 e. The highest BCUT2D eigenvalue weighted by Crippen LogP contribution is 2.27. The van der Waals surface area contributed by atoms with E-state index in [1.54, 1.807) is 6.92 Å². The van der Waals surface area contributed by atoms with Gasteiger partial charge in [0.15, 0.2) is 6.10 Å². The van der Waals surface area contributed by atoms with Crippen molar-refractivity contribution in [3.05, 3.63) is 0 Å². The molecular weight excluding hydrogens is 184 g/mol. The third-order valence-corrected chi connectivity index (χ3v) is 2.21. The van der Waals surface area contributed by atoms with Gasteiger partial charge in [0, 0.05) is 18.5 Å². The van der Waals surface area contributed by atoms with E-state index in [4.69, 9.17) is 4.74 Å². The van der Waals surface area contributed by atoms with Crippen molar-refractivity contribution < 1.29 is 14.3 Å². The van der Waals surface area contributed by atoms with Crippen molar-refractivity contribution >= 4 is 12.0 Å². The summed E-state index contributed by atoms with van der Waals surface area (Å²) in [6, 6.07) is 0. The summed E-state index contributed by atoms with van der Waals surface area (Å²) in [5.74, 6) is -0.221. The second-order valence-corrected chi connectivity index (χ2v) is 4.02. The molecule has 1 rings (SSSR count). The molecule has 0 radical (unpaired) electrons. The molecule has 1 aliphatic heterocycles. The Labute approximate surface area is 83.2 Å². The Bertz CT molecular complexity index is 250. The topological polar surface area (TPSA) is 67.4 Å². The van der Waals surface area contributed by atoms with Crippen LogP contribution in [0.1, 0.15) is 20.8 Å². The fourth-order valence-electron chi connectivity index (χ4n) is 1.36. The highest BCUT2D eigenvalue weighted by Gasteiger charge is 2.44. The Kier molecular flexibility index (Phi) is 2.98. The largest absolute Gasteiger partial charge is 0.435 e. The molecule has 1 saturated heterocycles. The molecule has 0 aliphatic carbocycles. The molecule has 2 amide bonds. The molecule has 0 aromatic heterocycles. The van der Waals surface area contributed by atoms with Crippen LogP contribution in [0, 0.1) is 5.41 Å². The maximum absolute atomic E-state index is 11.3. The van der Waals surface area contributed by atoms with Crippen LogP contribution in [0.4, 0.5) is 4.79 Å². The quantitative estimate of drug-likeness (QED) is 0.671. The first-order chi connectivity index (χ1) is 6.47. The van der Waals surface area contributed by atoms with Crippen LogP contribution >= 0.6 is 0 Å². The number of carbonyl (C=O) groups excluding carboxylic acids is 2.